The number of methoxy groups -OCH3 is 1. The van der Waals surface area contributed by atoms with Crippen LogP contribution in [0.5, 0.6) is 0 Å². The Hall–Kier alpha value is -3.04. The summed E-state index contributed by atoms with van der Waals surface area (Å²) in [6, 6.07) is -1.42. The molecule has 0 unspecified atom stereocenters. The number of ether oxygens (including phenoxy) is 1. The molecule has 32 heavy (non-hydrogen) atoms. The summed E-state index contributed by atoms with van der Waals surface area (Å²) in [7, 11) is 1.30. The molecule has 3 amide bonds. The normalized spacial score (nSPS) is 22.1. The molecule has 2 aliphatic rings. The molecule has 2 heterocycles. The Balaban J connectivity index is 1.65. The number of nitrogens with one attached hydrogen (secondary N) is 2. The number of esters is 1. The van der Waals surface area contributed by atoms with Gasteiger partial charge in [-0.3, -0.25) is 19.4 Å². The van der Waals surface area contributed by atoms with Gasteiger partial charge < -0.3 is 20.3 Å². The molecular weight excluding hydrogens is 414 g/mol. The third kappa shape index (κ3) is 5.60. The van der Waals surface area contributed by atoms with E-state index in [1.807, 2.05) is 6.92 Å². The quantitative estimate of drug-likeness (QED) is 0.590. The highest BCUT2D eigenvalue weighted by Gasteiger charge is 2.40. The van der Waals surface area contributed by atoms with Gasteiger partial charge in [0.25, 0.3) is 5.91 Å². The molecule has 2 fully saturated rings. The zero-order valence-corrected chi connectivity index (χ0v) is 18.6. The summed E-state index contributed by atoms with van der Waals surface area (Å²) < 4.78 is 4.84. The summed E-state index contributed by atoms with van der Waals surface area (Å²) >= 11 is 0. The molecule has 2 N–H and O–H groups in total. The molecular formula is C22H31N5O5. The Kier molecular flexibility index (Phi) is 8.13. The zero-order valence-electron chi connectivity index (χ0n) is 18.6. The highest BCUT2D eigenvalue weighted by atomic mass is 16.5. The molecule has 10 nitrogen and oxygen atoms in total. The van der Waals surface area contributed by atoms with Crippen LogP contribution in [0.25, 0.3) is 0 Å². The van der Waals surface area contributed by atoms with E-state index in [2.05, 4.69) is 20.6 Å². The second-order valence-corrected chi connectivity index (χ2v) is 8.48. The van der Waals surface area contributed by atoms with Gasteiger partial charge in [0, 0.05) is 18.9 Å². The van der Waals surface area contributed by atoms with E-state index in [0.29, 0.717) is 13.0 Å². The smallest absolute Gasteiger partial charge is 0.328 e. The summed E-state index contributed by atoms with van der Waals surface area (Å²) in [4.78, 5) is 59.9. The highest BCUT2D eigenvalue weighted by molar-refractivity contribution is 5.97. The van der Waals surface area contributed by atoms with E-state index in [0.717, 1.165) is 32.1 Å². The van der Waals surface area contributed by atoms with Gasteiger partial charge in [0.2, 0.25) is 11.8 Å². The van der Waals surface area contributed by atoms with Gasteiger partial charge in [-0.1, -0.05) is 26.2 Å². The molecule has 0 bridgehead atoms. The van der Waals surface area contributed by atoms with E-state index < -0.39 is 29.9 Å². The van der Waals surface area contributed by atoms with Gasteiger partial charge in [-0.05, 0) is 31.1 Å². The SMILES string of the molecule is COC(=O)[C@@H]1[C@@H](C)CCN1C(=O)CNC(=O)[C@@H](NC(=O)c1cnccn1)C1CCCCC1. The first-order valence-corrected chi connectivity index (χ1v) is 11.1. The van der Waals surface area contributed by atoms with E-state index in [-0.39, 0.29) is 30.0 Å². The van der Waals surface area contributed by atoms with Crippen LogP contribution in [0.2, 0.25) is 0 Å². The van der Waals surface area contributed by atoms with Crippen LogP contribution in [0.4, 0.5) is 0 Å². The van der Waals surface area contributed by atoms with Crippen LogP contribution in [0.15, 0.2) is 18.6 Å². The largest absolute Gasteiger partial charge is 0.467 e. The van der Waals surface area contributed by atoms with E-state index in [1.165, 1.54) is 30.6 Å². The second kappa shape index (κ2) is 11.0. The maximum atomic E-state index is 13.0. The summed E-state index contributed by atoms with van der Waals surface area (Å²) in [5.74, 6) is -1.72. The lowest BCUT2D eigenvalue weighted by Gasteiger charge is -2.30. The van der Waals surface area contributed by atoms with Gasteiger partial charge in [-0.25, -0.2) is 9.78 Å². The average molecular weight is 446 g/mol. The number of aromatic nitrogens is 2. The predicted octanol–water partition coefficient (Wildman–Crippen LogP) is 0.682. The Morgan fingerprint density at radius 2 is 1.91 bits per heavy atom. The Morgan fingerprint density at radius 1 is 1.16 bits per heavy atom. The molecule has 1 aromatic rings. The van der Waals surface area contributed by atoms with Crippen molar-refractivity contribution < 1.29 is 23.9 Å². The number of hydrogen-bond acceptors (Lipinski definition) is 7. The summed E-state index contributed by atoms with van der Waals surface area (Å²) in [6.07, 6.45) is 9.63. The summed E-state index contributed by atoms with van der Waals surface area (Å²) in [5, 5.41) is 5.46. The third-order valence-corrected chi connectivity index (χ3v) is 6.36. The number of amides is 3. The minimum Gasteiger partial charge on any atom is -0.467 e. The van der Waals surface area contributed by atoms with Crippen LogP contribution >= 0.6 is 0 Å². The van der Waals surface area contributed by atoms with Gasteiger partial charge in [-0.2, -0.15) is 0 Å². The molecule has 1 aliphatic carbocycles. The fourth-order valence-corrected chi connectivity index (χ4v) is 4.58. The number of rotatable bonds is 7. The molecule has 3 atom stereocenters. The zero-order chi connectivity index (χ0) is 23.1. The Bertz CT molecular complexity index is 827. The third-order valence-electron chi connectivity index (χ3n) is 6.36. The van der Waals surface area contributed by atoms with E-state index >= 15 is 0 Å². The van der Waals surface area contributed by atoms with Crippen LogP contribution in [0, 0.1) is 11.8 Å². The fourth-order valence-electron chi connectivity index (χ4n) is 4.58. The number of likely N-dealkylation sites (tertiary alicyclic amines) is 1. The van der Waals surface area contributed by atoms with Gasteiger partial charge in [-0.15, -0.1) is 0 Å². The van der Waals surface area contributed by atoms with E-state index in [1.54, 1.807) is 0 Å². The molecule has 3 rings (SSSR count). The van der Waals surface area contributed by atoms with Crippen molar-refractivity contribution in [2.24, 2.45) is 11.8 Å². The lowest BCUT2D eigenvalue weighted by molar-refractivity contribution is -0.152. The maximum absolute atomic E-state index is 13.0. The second-order valence-electron chi connectivity index (χ2n) is 8.48. The Morgan fingerprint density at radius 3 is 2.56 bits per heavy atom. The number of hydrogen-bond donors (Lipinski definition) is 2. The van der Waals surface area contributed by atoms with Crippen LogP contribution in [0.3, 0.4) is 0 Å². The van der Waals surface area contributed by atoms with Gasteiger partial charge >= 0.3 is 5.97 Å². The lowest BCUT2D eigenvalue weighted by Crippen LogP contribution is -2.54. The first kappa shape index (κ1) is 23.6. The van der Waals surface area contributed by atoms with Crippen molar-refractivity contribution in [3.8, 4) is 0 Å². The molecule has 174 valence electrons. The molecule has 1 saturated heterocycles. The van der Waals surface area contributed by atoms with Crippen LogP contribution in [-0.4, -0.2) is 70.8 Å². The molecule has 0 radical (unpaired) electrons. The van der Waals surface area contributed by atoms with E-state index in [9.17, 15) is 19.2 Å². The first-order valence-electron chi connectivity index (χ1n) is 11.1. The molecule has 1 aromatic heterocycles. The van der Waals surface area contributed by atoms with Crippen molar-refractivity contribution in [3.63, 3.8) is 0 Å². The van der Waals surface area contributed by atoms with Crippen molar-refractivity contribution in [2.45, 2.75) is 57.5 Å². The minimum absolute atomic E-state index is 0.0108. The maximum Gasteiger partial charge on any atom is 0.328 e. The first-order chi connectivity index (χ1) is 15.4. The topological polar surface area (TPSA) is 131 Å². The Labute approximate surface area is 187 Å². The van der Waals surface area contributed by atoms with E-state index in [4.69, 9.17) is 4.74 Å². The average Bonchev–Trinajstić information content (AvgIpc) is 3.22. The number of carbonyl (C=O) groups is 4. The fraction of sp³-hybridized carbons (Fsp3) is 0.636. The molecule has 1 saturated carbocycles. The molecule has 1 aliphatic heterocycles. The van der Waals surface area contributed by atoms with Gasteiger partial charge in [0.15, 0.2) is 0 Å². The summed E-state index contributed by atoms with van der Waals surface area (Å²) in [6.45, 7) is 2.09. The molecule has 0 aromatic carbocycles. The number of nitrogens with zero attached hydrogens (tertiary/aromatic N) is 3. The number of carbonyl (C=O) groups excluding carboxylic acids is 4. The standard InChI is InChI=1S/C22H31N5O5/c1-14-8-11-27(19(14)22(31)32-2)17(28)13-25-21(30)18(15-6-4-3-5-7-15)26-20(29)16-12-23-9-10-24-16/h9-10,12,14-15,18-19H,3-8,11,13H2,1-2H3,(H,25,30)(H,26,29)/t14-,18-,19-/m0/s1. The monoisotopic (exact) mass is 445 g/mol. The van der Waals surface area contributed by atoms with Crippen molar-refractivity contribution >= 4 is 23.7 Å². The van der Waals surface area contributed by atoms with Crippen LogP contribution in [-0.2, 0) is 19.1 Å². The summed E-state index contributed by atoms with van der Waals surface area (Å²) in [5.41, 5.74) is 0.129. The lowest BCUT2D eigenvalue weighted by atomic mass is 9.83. The van der Waals surface area contributed by atoms with Gasteiger partial charge in [0.05, 0.1) is 19.9 Å². The molecule has 0 spiro atoms. The van der Waals surface area contributed by atoms with Crippen LogP contribution in [0.1, 0.15) is 55.9 Å². The minimum atomic E-state index is -0.772. The highest BCUT2D eigenvalue weighted by Crippen LogP contribution is 2.27. The van der Waals surface area contributed by atoms with Crippen molar-refractivity contribution in [3.05, 3.63) is 24.3 Å². The molecule has 10 heteroatoms. The van der Waals surface area contributed by atoms with Crippen LogP contribution < -0.4 is 10.6 Å². The van der Waals surface area contributed by atoms with Crippen molar-refractivity contribution in [1.29, 1.82) is 0 Å². The van der Waals surface area contributed by atoms with Crippen molar-refractivity contribution in [2.75, 3.05) is 20.2 Å². The predicted molar refractivity (Wildman–Crippen MR) is 114 cm³/mol. The van der Waals surface area contributed by atoms with Gasteiger partial charge in [0.1, 0.15) is 17.8 Å². The van der Waals surface area contributed by atoms with Crippen molar-refractivity contribution in [1.82, 2.24) is 25.5 Å².